The zero-order chi connectivity index (χ0) is 28.9. The Balaban J connectivity index is 1.18. The van der Waals surface area contributed by atoms with Gasteiger partial charge in [-0.1, -0.05) is 48.9 Å². The molecule has 1 aliphatic heterocycles. The Labute approximate surface area is 248 Å². The molecule has 0 radical (unpaired) electrons. The van der Waals surface area contributed by atoms with Crippen LogP contribution in [0.4, 0.5) is 16.3 Å². The maximum atomic E-state index is 13.6. The minimum atomic E-state index is -0.0856. The molecule has 3 aromatic rings. The number of nitrogens with zero attached hydrogens (tertiary/aromatic N) is 5. The number of amides is 2. The van der Waals surface area contributed by atoms with Crippen molar-refractivity contribution in [3.63, 3.8) is 0 Å². The standard InChI is InChI=1S/C34H39N7O/c1-34-22-26(23-35)31(38-29-10-7-14-36-24-29)21-28(34)13-12-27(34)20-30(25-8-3-2-4-9-25)39-33(42)41-18-16-40(17-19-41)32-11-5-6-15-37-32/h2-11,14-15,21,23-24,26-27,30,35H,12-13,16-20,22H2,1H3,(H,39,42). The highest BCUT2D eigenvalue weighted by Crippen LogP contribution is 2.56. The van der Waals surface area contributed by atoms with Crippen molar-refractivity contribution in [3.8, 4) is 0 Å². The first-order chi connectivity index (χ1) is 20.5. The Morgan fingerprint density at radius 2 is 1.90 bits per heavy atom. The van der Waals surface area contributed by atoms with Gasteiger partial charge in [0.05, 0.1) is 17.9 Å². The molecule has 4 unspecified atom stereocenters. The summed E-state index contributed by atoms with van der Waals surface area (Å²) in [5.41, 5.74) is 4.28. The highest BCUT2D eigenvalue weighted by Gasteiger charge is 2.47. The minimum absolute atomic E-state index is 0.00431. The summed E-state index contributed by atoms with van der Waals surface area (Å²) >= 11 is 0. The van der Waals surface area contributed by atoms with Crippen LogP contribution in [0, 0.1) is 22.7 Å². The largest absolute Gasteiger partial charge is 0.353 e. The van der Waals surface area contributed by atoms with Crippen molar-refractivity contribution in [3.05, 3.63) is 96.5 Å². The fourth-order valence-corrected chi connectivity index (χ4v) is 6.95. The highest BCUT2D eigenvalue weighted by atomic mass is 16.2. The average molecular weight is 562 g/mol. The summed E-state index contributed by atoms with van der Waals surface area (Å²) in [5, 5.41) is 11.6. The first-order valence-corrected chi connectivity index (χ1v) is 15.0. The molecule has 0 spiro atoms. The quantitative estimate of drug-likeness (QED) is 0.335. The van der Waals surface area contributed by atoms with Crippen molar-refractivity contribution in [2.45, 2.75) is 38.6 Å². The smallest absolute Gasteiger partial charge is 0.318 e. The molecular formula is C34H39N7O. The van der Waals surface area contributed by atoms with Gasteiger partial charge < -0.3 is 20.5 Å². The molecule has 2 aromatic heterocycles. The van der Waals surface area contributed by atoms with Crippen molar-refractivity contribution >= 4 is 29.5 Å². The number of carbonyl (C=O) groups is 1. The van der Waals surface area contributed by atoms with Crippen LogP contribution in [0.25, 0.3) is 0 Å². The van der Waals surface area contributed by atoms with E-state index in [0.29, 0.717) is 19.0 Å². The van der Waals surface area contributed by atoms with Crippen LogP contribution in [0.15, 0.2) is 95.9 Å². The van der Waals surface area contributed by atoms with E-state index in [2.05, 4.69) is 57.4 Å². The molecule has 1 saturated carbocycles. The molecule has 8 nitrogen and oxygen atoms in total. The zero-order valence-corrected chi connectivity index (χ0v) is 24.2. The van der Waals surface area contributed by atoms with E-state index in [0.717, 1.165) is 61.6 Å². The van der Waals surface area contributed by atoms with Gasteiger partial charge >= 0.3 is 6.03 Å². The number of rotatable bonds is 7. The Hall–Kier alpha value is -4.33. The number of anilines is 1. The molecule has 1 saturated heterocycles. The number of hydrogen-bond donors (Lipinski definition) is 2. The number of aliphatic imine (C=N–C) groups is 1. The van der Waals surface area contributed by atoms with Crippen LogP contribution in [-0.4, -0.2) is 59.0 Å². The third-order valence-corrected chi connectivity index (χ3v) is 9.41. The van der Waals surface area contributed by atoms with Crippen molar-refractivity contribution in [1.29, 1.82) is 5.41 Å². The van der Waals surface area contributed by atoms with Gasteiger partial charge in [0.15, 0.2) is 0 Å². The van der Waals surface area contributed by atoms with E-state index < -0.39 is 0 Å². The Bertz CT molecular complexity index is 1430. The lowest BCUT2D eigenvalue weighted by Gasteiger charge is -2.41. The minimum Gasteiger partial charge on any atom is -0.353 e. The number of pyridine rings is 2. The van der Waals surface area contributed by atoms with E-state index in [1.54, 1.807) is 18.6 Å². The van der Waals surface area contributed by atoms with E-state index in [1.165, 1.54) is 5.57 Å². The maximum absolute atomic E-state index is 13.6. The number of hydrogen-bond acceptors (Lipinski definition) is 6. The molecule has 2 aliphatic carbocycles. The summed E-state index contributed by atoms with van der Waals surface area (Å²) < 4.78 is 0. The molecule has 6 rings (SSSR count). The number of aromatic nitrogens is 2. The van der Waals surface area contributed by atoms with Crippen LogP contribution in [0.3, 0.4) is 0 Å². The van der Waals surface area contributed by atoms with E-state index >= 15 is 0 Å². The van der Waals surface area contributed by atoms with Gasteiger partial charge in [0.1, 0.15) is 5.82 Å². The Morgan fingerprint density at radius 3 is 2.62 bits per heavy atom. The lowest BCUT2D eigenvalue weighted by atomic mass is 9.65. The van der Waals surface area contributed by atoms with Gasteiger partial charge in [0.25, 0.3) is 0 Å². The summed E-state index contributed by atoms with van der Waals surface area (Å²) in [6.07, 6.45) is 12.9. The lowest BCUT2D eigenvalue weighted by molar-refractivity contribution is 0.178. The average Bonchev–Trinajstić information content (AvgIpc) is 3.36. The first-order valence-electron chi connectivity index (χ1n) is 15.0. The predicted octanol–water partition coefficient (Wildman–Crippen LogP) is 6.22. The summed E-state index contributed by atoms with van der Waals surface area (Å²) in [6, 6.07) is 20.1. The summed E-state index contributed by atoms with van der Waals surface area (Å²) in [7, 11) is 0. The molecule has 2 fully saturated rings. The third kappa shape index (κ3) is 5.84. The molecule has 1 aromatic carbocycles. The van der Waals surface area contributed by atoms with Gasteiger partial charge in [0.2, 0.25) is 0 Å². The molecule has 3 heterocycles. The van der Waals surface area contributed by atoms with Gasteiger partial charge in [-0.3, -0.25) is 9.98 Å². The second kappa shape index (κ2) is 12.3. The fourth-order valence-electron chi connectivity index (χ4n) is 6.95. The van der Waals surface area contributed by atoms with Gasteiger partial charge in [-0.2, -0.15) is 0 Å². The molecular weight excluding hydrogens is 522 g/mol. The third-order valence-electron chi connectivity index (χ3n) is 9.41. The van der Waals surface area contributed by atoms with Crippen molar-refractivity contribution in [2.75, 3.05) is 31.1 Å². The zero-order valence-electron chi connectivity index (χ0n) is 24.2. The molecule has 216 valence electrons. The normalized spacial score (nSPS) is 25.5. The lowest BCUT2D eigenvalue weighted by Crippen LogP contribution is -2.52. The summed E-state index contributed by atoms with van der Waals surface area (Å²) in [6.45, 7) is 5.22. The van der Waals surface area contributed by atoms with Crippen molar-refractivity contribution < 1.29 is 4.79 Å². The van der Waals surface area contributed by atoms with Gasteiger partial charge in [-0.15, -0.1) is 0 Å². The number of urea groups is 1. The fraction of sp³-hybridized carbons (Fsp3) is 0.382. The topological polar surface area (TPSA) is 97.6 Å². The molecule has 0 bridgehead atoms. The van der Waals surface area contributed by atoms with Crippen LogP contribution in [0.5, 0.6) is 0 Å². The van der Waals surface area contributed by atoms with E-state index in [4.69, 9.17) is 10.4 Å². The van der Waals surface area contributed by atoms with E-state index in [-0.39, 0.29) is 23.4 Å². The van der Waals surface area contributed by atoms with E-state index in [9.17, 15) is 4.79 Å². The van der Waals surface area contributed by atoms with Crippen molar-refractivity contribution in [2.24, 2.45) is 22.2 Å². The molecule has 4 atom stereocenters. The summed E-state index contributed by atoms with van der Waals surface area (Å²) in [4.78, 5) is 31.3. The Kier molecular flexibility index (Phi) is 8.13. The number of carbonyl (C=O) groups excluding carboxylic acids is 1. The maximum Gasteiger partial charge on any atom is 0.318 e. The molecule has 8 heteroatoms. The highest BCUT2D eigenvalue weighted by molar-refractivity contribution is 6.07. The monoisotopic (exact) mass is 561 g/mol. The SMILES string of the molecule is CC12CC(C=N)C(=Nc3cccnc3)C=C1CCC2CC(NC(=O)N1CCN(c2ccccn2)CC1)c1ccccc1. The number of fused-ring (bicyclic) bond motifs is 1. The number of allylic oxidation sites excluding steroid dienone is 2. The Morgan fingerprint density at radius 1 is 1.10 bits per heavy atom. The number of nitrogens with one attached hydrogen (secondary N) is 2. The predicted molar refractivity (Wildman–Crippen MR) is 167 cm³/mol. The molecule has 2 amide bonds. The molecule has 42 heavy (non-hydrogen) atoms. The van der Waals surface area contributed by atoms with Crippen LogP contribution in [0.1, 0.15) is 44.2 Å². The first kappa shape index (κ1) is 27.8. The van der Waals surface area contributed by atoms with Crippen LogP contribution >= 0.6 is 0 Å². The number of piperazine rings is 1. The van der Waals surface area contributed by atoms with E-state index in [1.807, 2.05) is 47.5 Å². The van der Waals surface area contributed by atoms with Gasteiger partial charge in [-0.05, 0) is 72.9 Å². The van der Waals surface area contributed by atoms with Crippen molar-refractivity contribution in [1.82, 2.24) is 20.2 Å². The number of benzene rings is 1. The second-order valence-electron chi connectivity index (χ2n) is 11.9. The van der Waals surface area contributed by atoms with Crippen LogP contribution < -0.4 is 10.2 Å². The van der Waals surface area contributed by atoms with Crippen LogP contribution in [0.2, 0.25) is 0 Å². The second-order valence-corrected chi connectivity index (χ2v) is 11.9. The van der Waals surface area contributed by atoms with Gasteiger partial charge in [-0.25, -0.2) is 9.78 Å². The molecule has 2 N–H and O–H groups in total. The van der Waals surface area contributed by atoms with Crippen LogP contribution in [-0.2, 0) is 0 Å². The summed E-state index contributed by atoms with van der Waals surface area (Å²) in [5.74, 6) is 1.31. The molecule has 3 aliphatic rings. The van der Waals surface area contributed by atoms with Gasteiger partial charge in [0, 0.05) is 56.4 Å².